The van der Waals surface area contributed by atoms with Crippen molar-refractivity contribution >= 4 is 44.2 Å². The van der Waals surface area contributed by atoms with E-state index in [9.17, 15) is 9.59 Å². The van der Waals surface area contributed by atoms with Gasteiger partial charge >= 0.3 is 0 Å². The second kappa shape index (κ2) is 10.4. The number of amides is 2. The first kappa shape index (κ1) is 23.9. The summed E-state index contributed by atoms with van der Waals surface area (Å²) in [5, 5.41) is 0.731. The first-order chi connectivity index (χ1) is 17.0. The fourth-order valence-electron chi connectivity index (χ4n) is 4.89. The van der Waals surface area contributed by atoms with Crippen LogP contribution in [0.2, 0.25) is 0 Å². The maximum absolute atomic E-state index is 13.9. The number of aryl methyl sites for hydroxylation is 2. The van der Waals surface area contributed by atoms with Gasteiger partial charge in [-0.15, -0.1) is 0 Å². The molecule has 5 rings (SSSR count). The predicted molar refractivity (Wildman–Crippen MR) is 140 cm³/mol. The van der Waals surface area contributed by atoms with Gasteiger partial charge in [-0.2, -0.15) is 0 Å². The van der Waals surface area contributed by atoms with Crippen LogP contribution in [-0.4, -0.2) is 67.6 Å². The summed E-state index contributed by atoms with van der Waals surface area (Å²) in [5.41, 5.74) is 4.09. The Bertz CT molecular complexity index is 1170. The van der Waals surface area contributed by atoms with E-state index in [1.807, 2.05) is 35.2 Å². The number of nitrogens with zero attached hydrogens (tertiary/aromatic N) is 4. The Morgan fingerprint density at radius 3 is 2.60 bits per heavy atom. The molecule has 7 nitrogen and oxygen atoms in total. The molecule has 0 radical (unpaired) electrons. The summed E-state index contributed by atoms with van der Waals surface area (Å²) in [4.78, 5) is 37.6. The van der Waals surface area contributed by atoms with E-state index in [0.717, 1.165) is 65.9 Å². The normalized spacial score (nSPS) is 19.0. The summed E-state index contributed by atoms with van der Waals surface area (Å²) in [7, 11) is 0. The summed E-state index contributed by atoms with van der Waals surface area (Å²) in [6.07, 6.45) is 1.08. The second-order valence-corrected chi connectivity index (χ2v) is 10.4. The molecule has 1 aromatic heterocycles. The van der Waals surface area contributed by atoms with Gasteiger partial charge in [0.05, 0.1) is 29.3 Å². The minimum absolute atomic E-state index is 0.00111. The Morgan fingerprint density at radius 1 is 1.11 bits per heavy atom. The lowest BCUT2D eigenvalue weighted by molar-refractivity contribution is -0.124. The van der Waals surface area contributed by atoms with Crippen LogP contribution >= 0.6 is 11.3 Å². The summed E-state index contributed by atoms with van der Waals surface area (Å²) < 4.78 is 6.59. The van der Waals surface area contributed by atoms with Crippen molar-refractivity contribution in [1.29, 1.82) is 0 Å². The highest BCUT2D eigenvalue weighted by atomic mass is 32.1. The lowest BCUT2D eigenvalue weighted by atomic mass is 10.1. The third kappa shape index (κ3) is 5.10. The van der Waals surface area contributed by atoms with Gasteiger partial charge in [0.25, 0.3) is 0 Å². The van der Waals surface area contributed by atoms with Crippen LogP contribution in [0.1, 0.15) is 24.0 Å². The monoisotopic (exact) mass is 492 g/mol. The van der Waals surface area contributed by atoms with Crippen LogP contribution in [0, 0.1) is 19.8 Å². The molecule has 2 amide bonds. The maximum Gasteiger partial charge on any atom is 0.234 e. The van der Waals surface area contributed by atoms with Gasteiger partial charge in [0.2, 0.25) is 11.8 Å². The van der Waals surface area contributed by atoms with Crippen molar-refractivity contribution in [3.8, 4) is 0 Å². The molecule has 184 valence electrons. The Labute approximate surface area is 210 Å². The van der Waals surface area contributed by atoms with E-state index in [0.29, 0.717) is 13.1 Å². The van der Waals surface area contributed by atoms with Crippen LogP contribution in [0.5, 0.6) is 0 Å². The first-order valence-corrected chi connectivity index (χ1v) is 13.2. The number of fused-ring (bicyclic) bond motifs is 1. The fraction of sp³-hybridized carbons (Fsp3) is 0.444. The number of carbonyl (C=O) groups excluding carboxylic acids is 2. The van der Waals surface area contributed by atoms with Gasteiger partial charge in [-0.1, -0.05) is 41.7 Å². The zero-order valence-electron chi connectivity index (χ0n) is 20.4. The van der Waals surface area contributed by atoms with Crippen LogP contribution in [0.15, 0.2) is 42.5 Å². The molecule has 0 saturated carbocycles. The Balaban J connectivity index is 1.38. The van der Waals surface area contributed by atoms with Crippen molar-refractivity contribution in [2.24, 2.45) is 5.92 Å². The molecule has 35 heavy (non-hydrogen) atoms. The van der Waals surface area contributed by atoms with Gasteiger partial charge in [0.15, 0.2) is 5.13 Å². The van der Waals surface area contributed by atoms with Gasteiger partial charge in [0, 0.05) is 44.8 Å². The third-order valence-electron chi connectivity index (χ3n) is 6.93. The second-order valence-electron chi connectivity index (χ2n) is 9.41. The highest BCUT2D eigenvalue weighted by Crippen LogP contribution is 2.35. The molecule has 3 aromatic rings. The number of anilines is 2. The first-order valence-electron chi connectivity index (χ1n) is 12.3. The molecule has 2 aliphatic rings. The lowest BCUT2D eigenvalue weighted by Crippen LogP contribution is -2.41. The Kier molecular flexibility index (Phi) is 7.13. The quantitative estimate of drug-likeness (QED) is 0.498. The van der Waals surface area contributed by atoms with E-state index in [1.54, 1.807) is 16.2 Å². The highest BCUT2D eigenvalue weighted by molar-refractivity contribution is 7.22. The van der Waals surface area contributed by atoms with Gasteiger partial charge in [-0.05, 0) is 43.5 Å². The standard InChI is InChI=1S/C27H32N4O3S/c1-19-9-10-20(2)25-24(19)28-27(35-25)30(12-6-11-29-13-15-34-16-14-29)26(33)21-17-23(32)31(18-21)22-7-4-3-5-8-22/h3-5,7-10,21H,6,11-18H2,1-2H3. The van der Waals surface area contributed by atoms with Crippen LogP contribution in [-0.2, 0) is 14.3 Å². The average molecular weight is 493 g/mol. The van der Waals surface area contributed by atoms with Crippen molar-refractivity contribution < 1.29 is 14.3 Å². The maximum atomic E-state index is 13.9. The Morgan fingerprint density at radius 2 is 1.86 bits per heavy atom. The van der Waals surface area contributed by atoms with Crippen molar-refractivity contribution in [3.63, 3.8) is 0 Å². The summed E-state index contributed by atoms with van der Waals surface area (Å²) in [6.45, 7) is 9.43. The molecule has 0 N–H and O–H groups in total. The van der Waals surface area contributed by atoms with E-state index >= 15 is 0 Å². The average Bonchev–Trinajstić information content (AvgIpc) is 3.50. The summed E-state index contributed by atoms with van der Waals surface area (Å²) >= 11 is 1.58. The van der Waals surface area contributed by atoms with Crippen LogP contribution in [0.25, 0.3) is 10.2 Å². The van der Waals surface area contributed by atoms with Crippen molar-refractivity contribution in [2.45, 2.75) is 26.7 Å². The number of aromatic nitrogens is 1. The molecular formula is C27H32N4O3S. The molecule has 0 spiro atoms. The number of carbonyl (C=O) groups is 2. The largest absolute Gasteiger partial charge is 0.379 e. The minimum atomic E-state index is -0.375. The number of para-hydroxylation sites is 1. The van der Waals surface area contributed by atoms with Crippen molar-refractivity contribution in [2.75, 3.05) is 55.7 Å². The van der Waals surface area contributed by atoms with E-state index in [4.69, 9.17) is 9.72 Å². The van der Waals surface area contributed by atoms with Crippen LogP contribution < -0.4 is 9.80 Å². The predicted octanol–water partition coefficient (Wildman–Crippen LogP) is 4.02. The zero-order valence-corrected chi connectivity index (χ0v) is 21.2. The number of benzene rings is 2. The molecule has 2 fully saturated rings. The number of hydrogen-bond donors (Lipinski definition) is 0. The number of morpholine rings is 1. The smallest absolute Gasteiger partial charge is 0.234 e. The van der Waals surface area contributed by atoms with Gasteiger partial charge < -0.3 is 9.64 Å². The SMILES string of the molecule is Cc1ccc(C)c2sc(N(CCCN3CCOCC3)C(=O)C3CC(=O)N(c4ccccc4)C3)nc12. The summed E-state index contributed by atoms with van der Waals surface area (Å²) in [6, 6.07) is 13.8. The van der Waals surface area contributed by atoms with Crippen molar-refractivity contribution in [3.05, 3.63) is 53.6 Å². The molecule has 0 bridgehead atoms. The van der Waals surface area contributed by atoms with E-state index in [1.165, 1.54) is 5.56 Å². The molecule has 8 heteroatoms. The van der Waals surface area contributed by atoms with Crippen LogP contribution in [0.3, 0.4) is 0 Å². The minimum Gasteiger partial charge on any atom is -0.379 e. The third-order valence-corrected chi connectivity index (χ3v) is 8.14. The number of ether oxygens (including phenoxy) is 1. The fourth-order valence-corrected chi connectivity index (χ4v) is 6.03. The molecule has 1 unspecified atom stereocenters. The van der Waals surface area contributed by atoms with E-state index < -0.39 is 0 Å². The number of rotatable bonds is 7. The molecule has 2 saturated heterocycles. The number of thiazole rings is 1. The molecule has 2 aliphatic heterocycles. The van der Waals surface area contributed by atoms with Gasteiger partial charge in [-0.3, -0.25) is 19.4 Å². The van der Waals surface area contributed by atoms with Crippen LogP contribution in [0.4, 0.5) is 10.8 Å². The molecule has 3 heterocycles. The topological polar surface area (TPSA) is 66.0 Å². The van der Waals surface area contributed by atoms with E-state index in [-0.39, 0.29) is 24.2 Å². The van der Waals surface area contributed by atoms with Crippen molar-refractivity contribution in [1.82, 2.24) is 9.88 Å². The molecular weight excluding hydrogens is 460 g/mol. The zero-order chi connectivity index (χ0) is 24.4. The molecule has 1 atom stereocenters. The molecule has 2 aromatic carbocycles. The summed E-state index contributed by atoms with van der Waals surface area (Å²) in [5.74, 6) is -0.382. The number of hydrogen-bond acceptors (Lipinski definition) is 6. The molecule has 0 aliphatic carbocycles. The lowest BCUT2D eigenvalue weighted by Gasteiger charge is -2.28. The highest BCUT2D eigenvalue weighted by Gasteiger charge is 2.38. The Hall–Kier alpha value is -2.81. The van der Waals surface area contributed by atoms with Gasteiger partial charge in [-0.25, -0.2) is 4.98 Å². The van der Waals surface area contributed by atoms with Gasteiger partial charge in [0.1, 0.15) is 0 Å². The van der Waals surface area contributed by atoms with E-state index in [2.05, 4.69) is 30.9 Å².